The minimum Gasteiger partial charge on any atom is -0.477 e. The van der Waals surface area contributed by atoms with Gasteiger partial charge in [-0.15, -0.1) is 11.3 Å². The molecule has 90 valence electrons. The quantitative estimate of drug-likeness (QED) is 0.723. The summed E-state index contributed by atoms with van der Waals surface area (Å²) in [5.74, 6) is 1.24. The van der Waals surface area contributed by atoms with Crippen LogP contribution in [0.1, 0.15) is 6.92 Å². The Bertz CT molecular complexity index is 666. The molecule has 0 unspecified atom stereocenters. The molecule has 0 fully saturated rings. The van der Waals surface area contributed by atoms with Crippen LogP contribution in [0.25, 0.3) is 21.7 Å². The molecule has 0 bridgehead atoms. The first-order valence-corrected chi connectivity index (χ1v) is 6.56. The van der Waals surface area contributed by atoms with E-state index in [1.807, 2.05) is 36.6 Å². The predicted octanol–water partition coefficient (Wildman–Crippen LogP) is 3.15. The normalized spacial score (nSPS) is 10.7. The van der Waals surface area contributed by atoms with Crippen LogP contribution in [0.2, 0.25) is 0 Å². The maximum Gasteiger partial charge on any atom is 0.235 e. The lowest BCUT2D eigenvalue weighted by Crippen LogP contribution is -1.98. The van der Waals surface area contributed by atoms with Crippen molar-refractivity contribution in [1.29, 1.82) is 0 Å². The van der Waals surface area contributed by atoms with E-state index < -0.39 is 0 Å². The summed E-state index contributed by atoms with van der Waals surface area (Å²) in [5, 5.41) is 1.99. The van der Waals surface area contributed by atoms with E-state index in [-0.39, 0.29) is 0 Å². The second-order valence-electron chi connectivity index (χ2n) is 3.64. The molecule has 3 rings (SSSR count). The van der Waals surface area contributed by atoms with Crippen LogP contribution in [-0.2, 0) is 0 Å². The molecule has 0 atom stereocenters. The van der Waals surface area contributed by atoms with Gasteiger partial charge in [0.25, 0.3) is 0 Å². The van der Waals surface area contributed by atoms with Crippen molar-refractivity contribution in [2.24, 2.45) is 0 Å². The molecule has 0 radical (unpaired) electrons. The highest BCUT2D eigenvalue weighted by Crippen LogP contribution is 2.29. The fraction of sp³-hybridized carbons (Fsp3) is 0.154. The number of hydrogen-bond donors (Lipinski definition) is 0. The van der Waals surface area contributed by atoms with Crippen molar-refractivity contribution in [3.63, 3.8) is 0 Å². The topological polar surface area (TPSA) is 47.9 Å². The van der Waals surface area contributed by atoms with Crippen LogP contribution in [0.3, 0.4) is 0 Å². The van der Waals surface area contributed by atoms with Crippen LogP contribution in [0.4, 0.5) is 0 Å². The summed E-state index contributed by atoms with van der Waals surface area (Å²) in [6.45, 7) is 2.54. The molecule has 18 heavy (non-hydrogen) atoms. The van der Waals surface area contributed by atoms with Crippen molar-refractivity contribution in [2.75, 3.05) is 6.61 Å². The van der Waals surface area contributed by atoms with Crippen molar-refractivity contribution in [3.05, 3.63) is 35.8 Å². The zero-order chi connectivity index (χ0) is 12.4. The van der Waals surface area contributed by atoms with E-state index >= 15 is 0 Å². The van der Waals surface area contributed by atoms with Gasteiger partial charge in [0.1, 0.15) is 10.4 Å². The minimum absolute atomic E-state index is 0.589. The Hall–Kier alpha value is -2.01. The van der Waals surface area contributed by atoms with Crippen LogP contribution < -0.4 is 4.74 Å². The predicted molar refractivity (Wildman–Crippen MR) is 71.8 cm³/mol. The number of pyridine rings is 1. The number of aromatic nitrogens is 3. The Labute approximate surface area is 108 Å². The van der Waals surface area contributed by atoms with E-state index in [2.05, 4.69) is 15.0 Å². The highest BCUT2D eigenvalue weighted by molar-refractivity contribution is 7.17. The van der Waals surface area contributed by atoms with E-state index in [0.29, 0.717) is 18.3 Å². The molecule has 3 aromatic heterocycles. The average Bonchev–Trinajstić information content (AvgIpc) is 2.88. The largest absolute Gasteiger partial charge is 0.477 e. The second kappa shape index (κ2) is 4.70. The molecule has 0 saturated carbocycles. The number of ether oxygens (including phenoxy) is 1. The standard InChI is InChI=1S/C13H11N3OS/c1-2-17-13-11-9(6-8-18-11)15-12(16-13)10-5-3-4-7-14-10/h3-8H,2H2,1H3. The molecule has 5 heteroatoms. The first kappa shape index (κ1) is 11.1. The summed E-state index contributed by atoms with van der Waals surface area (Å²) >= 11 is 1.59. The Balaban J connectivity index is 2.19. The molecule has 0 N–H and O–H groups in total. The van der Waals surface area contributed by atoms with Gasteiger partial charge in [0.15, 0.2) is 5.82 Å². The van der Waals surface area contributed by atoms with Crippen molar-refractivity contribution < 1.29 is 4.74 Å². The van der Waals surface area contributed by atoms with E-state index in [4.69, 9.17) is 4.74 Å². The molecule has 0 saturated heterocycles. The minimum atomic E-state index is 0.589. The molecule has 4 nitrogen and oxygen atoms in total. The fourth-order valence-corrected chi connectivity index (χ4v) is 2.45. The summed E-state index contributed by atoms with van der Waals surface area (Å²) < 4.78 is 6.55. The van der Waals surface area contributed by atoms with Gasteiger partial charge in [-0.25, -0.2) is 4.98 Å². The van der Waals surface area contributed by atoms with Gasteiger partial charge < -0.3 is 4.74 Å². The second-order valence-corrected chi connectivity index (χ2v) is 4.55. The summed E-state index contributed by atoms with van der Waals surface area (Å²) in [5.41, 5.74) is 1.66. The van der Waals surface area contributed by atoms with Crippen LogP contribution >= 0.6 is 11.3 Å². The molecular weight excluding hydrogens is 246 g/mol. The number of fused-ring (bicyclic) bond motifs is 1. The van der Waals surface area contributed by atoms with Crippen molar-refractivity contribution in [1.82, 2.24) is 15.0 Å². The van der Waals surface area contributed by atoms with Gasteiger partial charge in [0.05, 0.1) is 12.1 Å². The number of nitrogens with zero attached hydrogens (tertiary/aromatic N) is 3. The van der Waals surface area contributed by atoms with Crippen LogP contribution in [0.15, 0.2) is 35.8 Å². The first-order chi connectivity index (χ1) is 8.88. The summed E-state index contributed by atoms with van der Waals surface area (Å²) in [4.78, 5) is 13.2. The molecule has 0 aliphatic heterocycles. The zero-order valence-corrected chi connectivity index (χ0v) is 10.6. The van der Waals surface area contributed by atoms with Crippen LogP contribution in [-0.4, -0.2) is 21.6 Å². The van der Waals surface area contributed by atoms with Crippen LogP contribution in [0.5, 0.6) is 5.88 Å². The van der Waals surface area contributed by atoms with E-state index in [0.717, 1.165) is 15.9 Å². The third-order valence-electron chi connectivity index (χ3n) is 2.45. The number of hydrogen-bond acceptors (Lipinski definition) is 5. The number of thiophene rings is 1. The maximum atomic E-state index is 5.57. The molecule has 0 aromatic carbocycles. The summed E-state index contributed by atoms with van der Waals surface area (Å²) in [7, 11) is 0. The molecule has 0 aliphatic carbocycles. The van der Waals surface area contributed by atoms with E-state index in [9.17, 15) is 0 Å². The Kier molecular flexibility index (Phi) is 2.90. The van der Waals surface area contributed by atoms with Crippen LogP contribution in [0, 0.1) is 0 Å². The Morgan fingerprint density at radius 1 is 1.22 bits per heavy atom. The molecule has 0 amide bonds. The highest BCUT2D eigenvalue weighted by atomic mass is 32.1. The first-order valence-electron chi connectivity index (χ1n) is 5.68. The highest BCUT2D eigenvalue weighted by Gasteiger charge is 2.11. The summed E-state index contributed by atoms with van der Waals surface area (Å²) in [6.07, 6.45) is 1.73. The maximum absolute atomic E-state index is 5.57. The smallest absolute Gasteiger partial charge is 0.235 e. The van der Waals surface area contributed by atoms with Gasteiger partial charge in [0.2, 0.25) is 5.88 Å². The van der Waals surface area contributed by atoms with Gasteiger partial charge in [-0.1, -0.05) is 6.07 Å². The van der Waals surface area contributed by atoms with Gasteiger partial charge in [0, 0.05) is 6.20 Å². The molecule has 3 aromatic rings. The average molecular weight is 257 g/mol. The lowest BCUT2D eigenvalue weighted by molar-refractivity contribution is 0.332. The Morgan fingerprint density at radius 2 is 2.17 bits per heavy atom. The zero-order valence-electron chi connectivity index (χ0n) is 9.83. The lowest BCUT2D eigenvalue weighted by Gasteiger charge is -2.05. The fourth-order valence-electron chi connectivity index (χ4n) is 1.68. The van der Waals surface area contributed by atoms with Crippen molar-refractivity contribution in [3.8, 4) is 17.4 Å². The van der Waals surface area contributed by atoms with Gasteiger partial charge in [-0.2, -0.15) is 4.98 Å². The van der Waals surface area contributed by atoms with E-state index in [1.165, 1.54) is 0 Å². The van der Waals surface area contributed by atoms with Gasteiger partial charge >= 0.3 is 0 Å². The third kappa shape index (κ3) is 1.93. The third-order valence-corrected chi connectivity index (χ3v) is 3.34. The molecule has 0 aliphatic rings. The monoisotopic (exact) mass is 257 g/mol. The SMILES string of the molecule is CCOc1nc(-c2ccccn2)nc2ccsc12. The lowest BCUT2D eigenvalue weighted by atomic mass is 10.3. The molecule has 3 heterocycles. The summed E-state index contributed by atoms with van der Waals surface area (Å²) in [6, 6.07) is 7.65. The van der Waals surface area contributed by atoms with Crippen molar-refractivity contribution in [2.45, 2.75) is 6.92 Å². The molecular formula is C13H11N3OS. The number of rotatable bonds is 3. The Morgan fingerprint density at radius 3 is 2.94 bits per heavy atom. The van der Waals surface area contributed by atoms with E-state index in [1.54, 1.807) is 17.5 Å². The van der Waals surface area contributed by atoms with Gasteiger partial charge in [-0.05, 0) is 30.5 Å². The van der Waals surface area contributed by atoms with Crippen molar-refractivity contribution >= 4 is 21.6 Å². The molecule has 0 spiro atoms. The van der Waals surface area contributed by atoms with Gasteiger partial charge in [-0.3, -0.25) is 4.98 Å².